The lowest BCUT2D eigenvalue weighted by Gasteiger charge is -2.41. The second-order valence-corrected chi connectivity index (χ2v) is 10.5. The predicted molar refractivity (Wildman–Crippen MR) is 129 cm³/mol. The minimum Gasteiger partial charge on any atom is -0.375 e. The van der Waals surface area contributed by atoms with Crippen LogP contribution in [0.3, 0.4) is 0 Å². The number of hydrogen-bond donors (Lipinski definition) is 2. The lowest BCUT2D eigenvalue weighted by Crippen LogP contribution is -2.52. The van der Waals surface area contributed by atoms with Crippen molar-refractivity contribution in [1.29, 1.82) is 0 Å². The van der Waals surface area contributed by atoms with E-state index in [-0.39, 0.29) is 17.4 Å². The molecule has 1 heterocycles. The molecule has 1 saturated heterocycles. The van der Waals surface area contributed by atoms with Crippen LogP contribution in [-0.2, 0) is 16.8 Å². The highest BCUT2D eigenvalue weighted by molar-refractivity contribution is 5.87. The molecule has 0 radical (unpaired) electrons. The number of likely N-dealkylation sites (tertiary alicyclic amines) is 1. The summed E-state index contributed by atoms with van der Waals surface area (Å²) in [5, 5.41) is 11.9. The van der Waals surface area contributed by atoms with Crippen LogP contribution >= 0.6 is 0 Å². The van der Waals surface area contributed by atoms with Crippen LogP contribution in [0.15, 0.2) is 54.6 Å². The number of carbonyl (C=O) groups excluding carboxylic acids is 1. The molecular formula is C28H38N2O2. The molecule has 4 nitrogen and oxygen atoms in total. The highest BCUT2D eigenvalue weighted by Gasteiger charge is 2.48. The number of piperidine rings is 1. The van der Waals surface area contributed by atoms with E-state index in [1.54, 1.807) is 0 Å². The summed E-state index contributed by atoms with van der Waals surface area (Å²) >= 11 is 0. The maximum absolute atomic E-state index is 13.8. The maximum atomic E-state index is 13.8. The number of carbonyl (C=O) groups is 1. The first-order valence-electron chi connectivity index (χ1n) is 12.2. The molecule has 2 aromatic carbocycles. The summed E-state index contributed by atoms with van der Waals surface area (Å²) in [5.41, 5.74) is 8.08. The van der Waals surface area contributed by atoms with Gasteiger partial charge in [0.1, 0.15) is 0 Å². The van der Waals surface area contributed by atoms with Gasteiger partial charge in [0.25, 0.3) is 5.91 Å². The molecular weight excluding hydrogens is 396 g/mol. The van der Waals surface area contributed by atoms with Crippen molar-refractivity contribution in [1.82, 2.24) is 4.90 Å². The molecule has 32 heavy (non-hydrogen) atoms. The van der Waals surface area contributed by atoms with Crippen LogP contribution in [0.25, 0.3) is 0 Å². The van der Waals surface area contributed by atoms with Gasteiger partial charge < -0.3 is 15.7 Å². The van der Waals surface area contributed by atoms with Crippen LogP contribution in [0.1, 0.15) is 75.0 Å². The minimum absolute atomic E-state index is 0.00244. The van der Waals surface area contributed by atoms with E-state index in [2.05, 4.69) is 38.1 Å². The lowest BCUT2D eigenvalue weighted by atomic mass is 9.78. The summed E-state index contributed by atoms with van der Waals surface area (Å²) < 4.78 is 0. The SMILES string of the molecule is CC(C)(N)Cc1ccccc1C1CCN(C(=O)C(O)(c2ccccc2)C2CCCC2)CC1. The van der Waals surface area contributed by atoms with E-state index >= 15 is 0 Å². The van der Waals surface area contributed by atoms with Gasteiger partial charge in [0.05, 0.1) is 0 Å². The van der Waals surface area contributed by atoms with E-state index in [0.29, 0.717) is 19.0 Å². The normalized spacial score (nSPS) is 20.3. The Kier molecular flexibility index (Phi) is 6.73. The molecule has 1 aliphatic carbocycles. The van der Waals surface area contributed by atoms with E-state index in [9.17, 15) is 9.90 Å². The minimum atomic E-state index is -1.41. The van der Waals surface area contributed by atoms with Crippen LogP contribution in [0.5, 0.6) is 0 Å². The third kappa shape index (κ3) is 4.77. The van der Waals surface area contributed by atoms with Crippen molar-refractivity contribution in [3.63, 3.8) is 0 Å². The molecule has 0 bridgehead atoms. The predicted octanol–water partition coefficient (Wildman–Crippen LogP) is 4.75. The van der Waals surface area contributed by atoms with Gasteiger partial charge in [0.2, 0.25) is 0 Å². The van der Waals surface area contributed by atoms with Gasteiger partial charge in [0.15, 0.2) is 5.60 Å². The molecule has 1 amide bonds. The van der Waals surface area contributed by atoms with Gasteiger partial charge in [-0.3, -0.25) is 4.79 Å². The molecule has 4 rings (SSSR count). The van der Waals surface area contributed by atoms with Crippen molar-refractivity contribution in [3.05, 3.63) is 71.3 Å². The fraction of sp³-hybridized carbons (Fsp3) is 0.536. The number of nitrogens with two attached hydrogens (primary N) is 1. The maximum Gasteiger partial charge on any atom is 0.259 e. The van der Waals surface area contributed by atoms with E-state index in [1.807, 2.05) is 35.2 Å². The van der Waals surface area contributed by atoms with Crippen molar-refractivity contribution < 1.29 is 9.90 Å². The van der Waals surface area contributed by atoms with E-state index in [1.165, 1.54) is 11.1 Å². The first kappa shape index (κ1) is 23.0. The number of nitrogens with zero attached hydrogens (tertiary/aromatic N) is 1. The van der Waals surface area contributed by atoms with Crippen molar-refractivity contribution in [2.75, 3.05) is 13.1 Å². The average Bonchev–Trinajstić information content (AvgIpc) is 3.34. The summed E-state index contributed by atoms with van der Waals surface area (Å²) in [6.07, 6.45) is 6.68. The largest absolute Gasteiger partial charge is 0.375 e. The molecule has 1 saturated carbocycles. The number of amides is 1. The number of benzene rings is 2. The van der Waals surface area contributed by atoms with Gasteiger partial charge in [-0.05, 0) is 68.6 Å². The zero-order valence-corrected chi connectivity index (χ0v) is 19.6. The summed E-state index contributed by atoms with van der Waals surface area (Å²) in [5.74, 6) is 0.321. The zero-order valence-electron chi connectivity index (χ0n) is 19.6. The van der Waals surface area contributed by atoms with Crippen LogP contribution < -0.4 is 5.73 Å². The topological polar surface area (TPSA) is 66.6 Å². The number of aliphatic hydroxyl groups is 1. The second-order valence-electron chi connectivity index (χ2n) is 10.5. The van der Waals surface area contributed by atoms with Crippen molar-refractivity contribution >= 4 is 5.91 Å². The van der Waals surface area contributed by atoms with Crippen LogP contribution in [0.2, 0.25) is 0 Å². The summed E-state index contributed by atoms with van der Waals surface area (Å²) in [7, 11) is 0. The Bertz CT molecular complexity index is 907. The van der Waals surface area contributed by atoms with Crippen LogP contribution in [0, 0.1) is 5.92 Å². The first-order valence-corrected chi connectivity index (χ1v) is 12.2. The van der Waals surface area contributed by atoms with Crippen molar-refractivity contribution in [3.8, 4) is 0 Å². The molecule has 172 valence electrons. The van der Waals surface area contributed by atoms with Gasteiger partial charge in [-0.25, -0.2) is 0 Å². The second kappa shape index (κ2) is 9.36. The molecule has 0 aromatic heterocycles. The van der Waals surface area contributed by atoms with E-state index in [0.717, 1.165) is 50.5 Å². The average molecular weight is 435 g/mol. The Hall–Kier alpha value is -2.17. The smallest absolute Gasteiger partial charge is 0.259 e. The molecule has 3 N–H and O–H groups in total. The van der Waals surface area contributed by atoms with Gasteiger partial charge >= 0.3 is 0 Å². The Balaban J connectivity index is 1.51. The Labute approximate surface area is 192 Å². The van der Waals surface area contributed by atoms with E-state index < -0.39 is 5.60 Å². The number of rotatable bonds is 6. The summed E-state index contributed by atoms with van der Waals surface area (Å²) in [6.45, 7) is 5.51. The summed E-state index contributed by atoms with van der Waals surface area (Å²) in [6, 6.07) is 18.2. The van der Waals surface area contributed by atoms with Crippen molar-refractivity contribution in [2.24, 2.45) is 11.7 Å². The van der Waals surface area contributed by atoms with Gasteiger partial charge in [-0.15, -0.1) is 0 Å². The molecule has 2 aromatic rings. The van der Waals surface area contributed by atoms with Gasteiger partial charge in [0, 0.05) is 24.5 Å². The molecule has 2 aliphatic rings. The van der Waals surface area contributed by atoms with Crippen molar-refractivity contribution in [2.45, 2.75) is 75.9 Å². The fourth-order valence-corrected chi connectivity index (χ4v) is 5.79. The van der Waals surface area contributed by atoms with Gasteiger partial charge in [-0.1, -0.05) is 67.4 Å². The molecule has 2 fully saturated rings. The monoisotopic (exact) mass is 434 g/mol. The molecule has 1 aliphatic heterocycles. The first-order chi connectivity index (χ1) is 15.3. The van der Waals surface area contributed by atoms with E-state index in [4.69, 9.17) is 5.73 Å². The molecule has 1 unspecified atom stereocenters. The summed E-state index contributed by atoms with van der Waals surface area (Å²) in [4.78, 5) is 15.7. The third-order valence-electron chi connectivity index (χ3n) is 7.41. The van der Waals surface area contributed by atoms with Gasteiger partial charge in [-0.2, -0.15) is 0 Å². The van der Waals surface area contributed by atoms with Crippen LogP contribution in [0.4, 0.5) is 0 Å². The Morgan fingerprint density at radius 2 is 1.56 bits per heavy atom. The highest BCUT2D eigenvalue weighted by Crippen LogP contribution is 2.43. The quantitative estimate of drug-likeness (QED) is 0.689. The lowest BCUT2D eigenvalue weighted by molar-refractivity contribution is -0.160. The standard InChI is InChI=1S/C28H38N2O2/c1-27(2,29)20-22-10-6-9-15-25(22)21-16-18-30(19-17-21)26(31)28(32,24-13-7-8-14-24)23-11-4-3-5-12-23/h3-6,9-12,15,21,24,32H,7-8,13-14,16-20,29H2,1-2H3. The Morgan fingerprint density at radius 3 is 2.19 bits per heavy atom. The highest BCUT2D eigenvalue weighted by atomic mass is 16.3. The molecule has 4 heteroatoms. The number of hydrogen-bond acceptors (Lipinski definition) is 3. The zero-order chi connectivity index (χ0) is 22.8. The molecule has 0 spiro atoms. The Morgan fingerprint density at radius 1 is 0.969 bits per heavy atom. The fourth-order valence-electron chi connectivity index (χ4n) is 5.79. The molecule has 1 atom stereocenters. The third-order valence-corrected chi connectivity index (χ3v) is 7.41. The van der Waals surface area contributed by atoms with Crippen LogP contribution in [-0.4, -0.2) is 34.5 Å².